The van der Waals surface area contributed by atoms with Gasteiger partial charge in [0.25, 0.3) is 5.91 Å². The summed E-state index contributed by atoms with van der Waals surface area (Å²) in [4.78, 5) is 17.0. The quantitative estimate of drug-likeness (QED) is 0.639. The van der Waals surface area contributed by atoms with Crippen molar-refractivity contribution in [3.8, 4) is 11.1 Å². The van der Waals surface area contributed by atoms with Crippen LogP contribution in [0.5, 0.6) is 0 Å². The number of amides is 1. The zero-order valence-corrected chi connectivity index (χ0v) is 16.5. The number of nitrogens with two attached hydrogens (primary N) is 1. The van der Waals surface area contributed by atoms with E-state index in [1.807, 2.05) is 6.07 Å². The van der Waals surface area contributed by atoms with Gasteiger partial charge in [-0.3, -0.25) is 4.79 Å². The Balaban J connectivity index is 1.33. The number of pyridine rings is 1. The number of carbonyl (C=O) groups excluding carboxylic acids is 1. The van der Waals surface area contributed by atoms with Gasteiger partial charge in [0.15, 0.2) is 0 Å². The van der Waals surface area contributed by atoms with Crippen molar-refractivity contribution in [2.45, 2.75) is 49.7 Å². The van der Waals surface area contributed by atoms with Crippen molar-refractivity contribution < 1.29 is 9.90 Å². The highest BCUT2D eigenvalue weighted by Crippen LogP contribution is 2.56. The maximum Gasteiger partial charge on any atom is 0.255 e. The Morgan fingerprint density at radius 2 is 1.93 bits per heavy atom. The molecule has 3 aliphatic rings. The third-order valence-corrected chi connectivity index (χ3v) is 7.05. The smallest absolute Gasteiger partial charge is 0.255 e. The van der Waals surface area contributed by atoms with E-state index in [-0.39, 0.29) is 23.9 Å². The van der Waals surface area contributed by atoms with Crippen LogP contribution >= 0.6 is 0 Å². The van der Waals surface area contributed by atoms with E-state index in [0.29, 0.717) is 11.0 Å². The Hall–Kier alpha value is -2.44. The predicted molar refractivity (Wildman–Crippen MR) is 112 cm³/mol. The van der Waals surface area contributed by atoms with Crippen LogP contribution in [0.25, 0.3) is 11.1 Å². The van der Waals surface area contributed by atoms with Crippen molar-refractivity contribution >= 4 is 11.7 Å². The van der Waals surface area contributed by atoms with E-state index in [4.69, 9.17) is 5.73 Å². The molecule has 1 aromatic carbocycles. The first-order valence-corrected chi connectivity index (χ1v) is 10.6. The van der Waals surface area contributed by atoms with Crippen LogP contribution in [0, 0.1) is 5.92 Å². The van der Waals surface area contributed by atoms with Crippen molar-refractivity contribution in [2.24, 2.45) is 5.92 Å². The Morgan fingerprint density at radius 1 is 1.17 bits per heavy atom. The Bertz CT molecular complexity index is 921. The van der Waals surface area contributed by atoms with Crippen molar-refractivity contribution in [1.82, 2.24) is 15.6 Å². The van der Waals surface area contributed by atoms with Crippen LogP contribution in [0.15, 0.2) is 36.5 Å². The summed E-state index contributed by atoms with van der Waals surface area (Å²) < 4.78 is 0. The molecule has 3 fully saturated rings. The number of hydrogen-bond acceptors (Lipinski definition) is 5. The second kappa shape index (κ2) is 7.11. The number of benzene rings is 1. The Kier molecular flexibility index (Phi) is 4.56. The third-order valence-electron chi connectivity index (χ3n) is 7.05. The maximum atomic E-state index is 12.8. The summed E-state index contributed by atoms with van der Waals surface area (Å²) in [5.74, 6) is 0.838. The van der Waals surface area contributed by atoms with Crippen molar-refractivity contribution in [1.29, 1.82) is 0 Å². The van der Waals surface area contributed by atoms with Crippen molar-refractivity contribution in [3.63, 3.8) is 0 Å². The summed E-state index contributed by atoms with van der Waals surface area (Å²) in [6.45, 7) is 2.20. The molecule has 5 N–H and O–H groups in total. The van der Waals surface area contributed by atoms with Crippen LogP contribution < -0.4 is 16.4 Å². The molecule has 2 aliphatic carbocycles. The molecular formula is C23H28N4O2. The van der Waals surface area contributed by atoms with Gasteiger partial charge >= 0.3 is 0 Å². The van der Waals surface area contributed by atoms with Crippen molar-refractivity contribution in [2.75, 3.05) is 18.8 Å². The second-order valence-corrected chi connectivity index (χ2v) is 8.90. The van der Waals surface area contributed by atoms with Crippen LogP contribution in [0.2, 0.25) is 0 Å². The highest BCUT2D eigenvalue weighted by Gasteiger charge is 2.57. The minimum atomic E-state index is -0.244. The van der Waals surface area contributed by atoms with Crippen LogP contribution in [-0.4, -0.2) is 41.2 Å². The molecule has 5 rings (SSSR count). The highest BCUT2D eigenvalue weighted by molar-refractivity contribution is 5.99. The van der Waals surface area contributed by atoms with E-state index in [1.54, 1.807) is 6.20 Å². The van der Waals surface area contributed by atoms with E-state index in [1.165, 1.54) is 12.0 Å². The monoisotopic (exact) mass is 392 g/mol. The molecule has 1 amide bonds. The number of anilines is 1. The predicted octanol–water partition coefficient (Wildman–Crippen LogP) is 2.23. The average molecular weight is 393 g/mol. The number of aromatic nitrogens is 1. The molecule has 0 radical (unpaired) electrons. The molecule has 29 heavy (non-hydrogen) atoms. The number of fused-ring (bicyclic) bond motifs is 1. The van der Waals surface area contributed by atoms with Gasteiger partial charge in [0.05, 0.1) is 11.7 Å². The van der Waals surface area contributed by atoms with Gasteiger partial charge in [0, 0.05) is 29.8 Å². The standard InChI is InChI=1S/C23H28N4O2/c24-21-20(22(29)27-18-5-7-19(28)8-6-18)9-15(11-26-21)14-1-3-16(4-2-14)23-10-17(23)12-25-13-23/h1-4,9,11,17-19,25,28H,5-8,10,12-13H2,(H2,24,26)(H,27,29)/t17-,18?,19?,23+/m1/s1. The summed E-state index contributed by atoms with van der Waals surface area (Å²) in [6.07, 6.45) is 5.80. The first-order chi connectivity index (χ1) is 14.0. The van der Waals surface area contributed by atoms with E-state index in [2.05, 4.69) is 39.9 Å². The molecule has 0 bridgehead atoms. The lowest BCUT2D eigenvalue weighted by atomic mass is 9.92. The normalized spacial score (nSPS) is 30.6. The van der Waals surface area contributed by atoms with Gasteiger partial charge in [-0.2, -0.15) is 0 Å². The first-order valence-electron chi connectivity index (χ1n) is 10.6. The van der Waals surface area contributed by atoms with Gasteiger partial charge < -0.3 is 21.5 Å². The maximum absolute atomic E-state index is 12.8. The number of nitrogens with one attached hydrogen (secondary N) is 2. The van der Waals surface area contributed by atoms with E-state index in [9.17, 15) is 9.90 Å². The van der Waals surface area contributed by atoms with Gasteiger partial charge in [-0.25, -0.2) is 4.98 Å². The van der Waals surface area contributed by atoms with Crippen LogP contribution in [0.4, 0.5) is 5.82 Å². The molecule has 6 nitrogen and oxygen atoms in total. The summed E-state index contributed by atoms with van der Waals surface area (Å²) in [7, 11) is 0. The number of aliphatic hydroxyl groups excluding tert-OH is 1. The zero-order valence-electron chi connectivity index (χ0n) is 16.5. The van der Waals surface area contributed by atoms with Gasteiger partial charge in [-0.05, 0) is 61.8 Å². The van der Waals surface area contributed by atoms with Gasteiger partial charge in [-0.15, -0.1) is 0 Å². The number of carbonyl (C=O) groups is 1. The number of nitrogen functional groups attached to an aromatic ring is 1. The molecule has 2 atom stereocenters. The number of aliphatic hydroxyl groups is 1. The summed E-state index contributed by atoms with van der Waals surface area (Å²) in [5.41, 5.74) is 10.1. The molecule has 152 valence electrons. The fourth-order valence-electron chi connectivity index (χ4n) is 5.08. The number of piperidine rings is 1. The lowest BCUT2D eigenvalue weighted by molar-refractivity contribution is 0.0868. The molecule has 2 heterocycles. The van der Waals surface area contributed by atoms with E-state index in [0.717, 1.165) is 55.8 Å². The topological polar surface area (TPSA) is 100 Å². The molecule has 0 unspecified atom stereocenters. The highest BCUT2D eigenvalue weighted by atomic mass is 16.3. The van der Waals surface area contributed by atoms with Gasteiger partial charge in [0.2, 0.25) is 0 Å². The van der Waals surface area contributed by atoms with Crippen LogP contribution in [-0.2, 0) is 5.41 Å². The van der Waals surface area contributed by atoms with E-state index >= 15 is 0 Å². The van der Waals surface area contributed by atoms with Crippen LogP contribution in [0.1, 0.15) is 48.0 Å². The molecule has 1 aromatic heterocycles. The van der Waals surface area contributed by atoms with Crippen molar-refractivity contribution in [3.05, 3.63) is 47.7 Å². The minimum absolute atomic E-state index is 0.0824. The molecule has 0 spiro atoms. The Morgan fingerprint density at radius 3 is 2.59 bits per heavy atom. The minimum Gasteiger partial charge on any atom is -0.393 e. The third kappa shape index (κ3) is 3.40. The number of nitrogens with zero attached hydrogens (tertiary/aromatic N) is 1. The molecule has 1 saturated heterocycles. The molecule has 6 heteroatoms. The number of rotatable bonds is 4. The lowest BCUT2D eigenvalue weighted by Crippen LogP contribution is -2.38. The van der Waals surface area contributed by atoms with Crippen LogP contribution in [0.3, 0.4) is 0 Å². The summed E-state index contributed by atoms with van der Waals surface area (Å²) in [6, 6.07) is 10.6. The molecule has 1 aliphatic heterocycles. The Labute approximate surface area is 170 Å². The fourth-order valence-corrected chi connectivity index (χ4v) is 5.08. The second-order valence-electron chi connectivity index (χ2n) is 8.90. The van der Waals surface area contributed by atoms with Gasteiger partial charge in [0.1, 0.15) is 5.82 Å². The summed E-state index contributed by atoms with van der Waals surface area (Å²) in [5, 5.41) is 16.2. The SMILES string of the molecule is Nc1ncc(-c2ccc([C@]34CNC[C@H]3C4)cc2)cc1C(=O)NC1CCC(O)CC1. The molecule has 2 aromatic rings. The first kappa shape index (κ1) is 18.6. The average Bonchev–Trinajstić information content (AvgIpc) is 3.30. The number of hydrogen-bond donors (Lipinski definition) is 4. The zero-order chi connectivity index (χ0) is 20.0. The van der Waals surface area contributed by atoms with E-state index < -0.39 is 0 Å². The van der Waals surface area contributed by atoms with Gasteiger partial charge in [-0.1, -0.05) is 24.3 Å². The molecule has 2 saturated carbocycles. The largest absolute Gasteiger partial charge is 0.393 e. The summed E-state index contributed by atoms with van der Waals surface area (Å²) >= 11 is 0. The lowest BCUT2D eigenvalue weighted by Gasteiger charge is -2.26. The fraction of sp³-hybridized carbons (Fsp3) is 0.478. The molecular weight excluding hydrogens is 364 g/mol.